The number of carboxylic acids is 1. The van der Waals surface area contributed by atoms with Crippen molar-refractivity contribution in [2.24, 2.45) is 33.7 Å². The molecule has 16 heteroatoms. The van der Waals surface area contributed by atoms with E-state index < -0.39 is 28.0 Å². The summed E-state index contributed by atoms with van der Waals surface area (Å²) in [5.41, 5.74) is 4.61. The second kappa shape index (κ2) is 20.4. The molecular weight excluding hydrogens is 862 g/mol. The first-order valence-electron chi connectivity index (χ1n) is 20.0. The van der Waals surface area contributed by atoms with Crippen LogP contribution in [0.15, 0.2) is 106 Å². The SMILES string of the molecule is CC(=O)O.[C-]#[N+]c1c(N2CCCC2=O)[n-]c(/C=C2\N=C(N=C(O)c3cccc(NS(C)(=O)=O)c3)C(C(OO)C3C(C)CC(C)CC3C)=C2c2ccccc2)c1-c1ccccc1.[Zn]. The number of allylic oxidation sites excluding steroid dienone is 1. The molecular formula is C46H49N6O8SZn-. The normalized spacial score (nSPS) is 21.4. The van der Waals surface area contributed by atoms with Gasteiger partial charge in [-0.1, -0.05) is 93.3 Å². The molecule has 0 spiro atoms. The summed E-state index contributed by atoms with van der Waals surface area (Å²) >= 11 is 0. The average molecular weight is 911 g/mol. The van der Waals surface area contributed by atoms with Gasteiger partial charge in [0.15, 0.2) is 11.5 Å². The van der Waals surface area contributed by atoms with Crippen LogP contribution in [0.2, 0.25) is 0 Å². The molecule has 3 aromatic carbocycles. The van der Waals surface area contributed by atoms with Crippen LogP contribution in [0.5, 0.6) is 0 Å². The second-order valence-electron chi connectivity index (χ2n) is 15.8. The van der Waals surface area contributed by atoms with Gasteiger partial charge in [-0.2, -0.15) is 4.99 Å². The van der Waals surface area contributed by atoms with E-state index in [4.69, 9.17) is 31.3 Å². The number of nitrogens with one attached hydrogen (secondary N) is 1. The number of carbonyl (C=O) groups excluding carboxylic acids is 1. The Hall–Kier alpha value is -5.72. The minimum Gasteiger partial charge on any atom is -0.493 e. The number of carboxylic acid groups (broad SMARTS) is 1. The summed E-state index contributed by atoms with van der Waals surface area (Å²) in [6.45, 7) is 16.3. The largest absolute Gasteiger partial charge is 0.493 e. The molecule has 4 aromatic rings. The quantitative estimate of drug-likeness (QED) is 0.0300. The van der Waals surface area contributed by atoms with E-state index in [2.05, 4.69) is 35.3 Å². The third-order valence-corrected chi connectivity index (χ3v) is 11.6. The first-order valence-corrected chi connectivity index (χ1v) is 21.9. The maximum atomic E-state index is 13.0. The summed E-state index contributed by atoms with van der Waals surface area (Å²) in [4.78, 5) is 47.8. The number of hydrogen-bond donors (Lipinski definition) is 4. The second-order valence-corrected chi connectivity index (χ2v) is 17.6. The fraction of sp³-hybridized carbons (Fsp3) is 0.326. The maximum Gasteiger partial charge on any atom is 0.300 e. The molecule has 7 rings (SSSR count). The van der Waals surface area contributed by atoms with E-state index in [1.54, 1.807) is 29.2 Å². The van der Waals surface area contributed by atoms with Crippen molar-refractivity contribution < 1.29 is 57.8 Å². The zero-order valence-corrected chi connectivity index (χ0v) is 39.1. The number of sulfonamides is 1. The first-order chi connectivity index (χ1) is 29.1. The van der Waals surface area contributed by atoms with Crippen molar-refractivity contribution in [1.29, 1.82) is 0 Å². The predicted octanol–water partition coefficient (Wildman–Crippen LogP) is 8.84. The van der Waals surface area contributed by atoms with E-state index in [-0.39, 0.29) is 65.9 Å². The van der Waals surface area contributed by atoms with Gasteiger partial charge in [0.05, 0.1) is 18.5 Å². The fourth-order valence-corrected chi connectivity index (χ4v) is 9.40. The van der Waals surface area contributed by atoms with Crippen LogP contribution in [0.25, 0.3) is 27.6 Å². The Morgan fingerprint density at radius 3 is 2.18 bits per heavy atom. The van der Waals surface area contributed by atoms with Crippen LogP contribution >= 0.6 is 0 Å². The number of aromatic nitrogens is 1. The van der Waals surface area contributed by atoms with Crippen molar-refractivity contribution in [2.75, 3.05) is 22.4 Å². The smallest absolute Gasteiger partial charge is 0.300 e. The fourth-order valence-electron chi connectivity index (χ4n) is 8.85. The number of aliphatic imine (C=N–C) groups is 2. The van der Waals surface area contributed by atoms with Crippen LogP contribution in [0.3, 0.4) is 0 Å². The Bertz CT molecular complexity index is 2550. The molecule has 1 saturated carbocycles. The van der Waals surface area contributed by atoms with Gasteiger partial charge in [-0.15, -0.1) is 0 Å². The Morgan fingerprint density at radius 2 is 1.63 bits per heavy atom. The number of benzene rings is 3. The van der Waals surface area contributed by atoms with Gasteiger partial charge in [0.25, 0.3) is 5.97 Å². The summed E-state index contributed by atoms with van der Waals surface area (Å²) in [6, 6.07) is 25.2. The van der Waals surface area contributed by atoms with E-state index in [0.29, 0.717) is 59.2 Å². The number of amidine groups is 1. The average Bonchev–Trinajstić information content (AvgIpc) is 3.90. The summed E-state index contributed by atoms with van der Waals surface area (Å²) in [5.74, 6) is -0.403. The van der Waals surface area contributed by atoms with E-state index in [1.807, 2.05) is 60.7 Å². The van der Waals surface area contributed by atoms with Crippen LogP contribution in [-0.4, -0.2) is 66.4 Å². The van der Waals surface area contributed by atoms with Crippen LogP contribution in [0.1, 0.15) is 70.2 Å². The molecule has 2 aliphatic heterocycles. The van der Waals surface area contributed by atoms with Gasteiger partial charge in [-0.05, 0) is 96.1 Å². The number of hydrogen-bond acceptors (Lipinski definition) is 8. The third kappa shape index (κ3) is 10.8. The number of carbonyl (C=O) groups is 2. The molecule has 3 atom stereocenters. The van der Waals surface area contributed by atoms with Crippen LogP contribution in [-0.2, 0) is 44.0 Å². The Kier molecular flexibility index (Phi) is 15.6. The molecule has 1 saturated heterocycles. The van der Waals surface area contributed by atoms with Crippen molar-refractivity contribution in [2.45, 2.75) is 59.5 Å². The molecule has 3 aliphatic rings. The predicted molar refractivity (Wildman–Crippen MR) is 237 cm³/mol. The maximum absolute atomic E-state index is 13.0. The molecule has 14 nitrogen and oxygen atoms in total. The molecule has 1 amide bonds. The van der Waals surface area contributed by atoms with E-state index in [0.717, 1.165) is 37.1 Å². The van der Waals surface area contributed by atoms with Crippen molar-refractivity contribution >= 4 is 62.5 Å². The molecule has 4 N–H and O–H groups in total. The zero-order chi connectivity index (χ0) is 44.0. The van der Waals surface area contributed by atoms with Gasteiger partial charge < -0.3 is 20.1 Å². The van der Waals surface area contributed by atoms with E-state index in [9.17, 15) is 23.6 Å². The Balaban J connectivity index is 0.00000139. The Labute approximate surface area is 374 Å². The van der Waals surface area contributed by atoms with Crippen molar-refractivity contribution in [3.05, 3.63) is 124 Å². The van der Waals surface area contributed by atoms with Crippen molar-refractivity contribution in [3.63, 3.8) is 0 Å². The third-order valence-electron chi connectivity index (χ3n) is 11.0. The molecule has 2 fully saturated rings. The minimum atomic E-state index is -3.60. The first kappa shape index (κ1) is 47.3. The van der Waals surface area contributed by atoms with E-state index >= 15 is 0 Å². The number of aliphatic hydroxyl groups is 1. The number of amides is 1. The van der Waals surface area contributed by atoms with Gasteiger partial charge >= 0.3 is 0 Å². The monoisotopic (exact) mass is 909 g/mol. The number of rotatable bonds is 10. The topological polar surface area (TPSA) is 197 Å². The van der Waals surface area contributed by atoms with Gasteiger partial charge in [0.1, 0.15) is 12.0 Å². The molecule has 1 aromatic heterocycles. The minimum absolute atomic E-state index is 0. The number of aliphatic carboxylic acids is 1. The molecule has 3 unspecified atom stereocenters. The molecule has 3 heterocycles. The molecule has 1 aliphatic carbocycles. The summed E-state index contributed by atoms with van der Waals surface area (Å²) in [6.07, 6.45) is 4.75. The number of aliphatic hydroxyl groups excluding tert-OH is 1. The van der Waals surface area contributed by atoms with Crippen molar-refractivity contribution in [3.8, 4) is 11.1 Å². The Morgan fingerprint density at radius 1 is 1.02 bits per heavy atom. The molecule has 0 bridgehead atoms. The zero-order valence-electron chi connectivity index (χ0n) is 35.3. The van der Waals surface area contributed by atoms with Gasteiger partial charge in [-0.3, -0.25) is 19.6 Å². The molecule has 0 radical (unpaired) electrons. The van der Waals surface area contributed by atoms with Crippen LogP contribution in [0, 0.1) is 30.2 Å². The standard InChI is InChI=1S/C44H45N6O6S.C2H4O2.Zn/c1-26-22-27(2)36(28(3)23-26)41(56-53)39-37(29-14-8-6-9-15-29)33(46-42(39)48-44(52)31-18-12-19-32(24-31)49-57(5,54)55)25-34-38(30-16-10-7-11-17-30)40(45-4)43(47-34)50-21-13-20-35(50)51;1-2(3)4;/h6-12,14-19,24-28,36,41,49H,13,20-23H2,1-3,5H3,(H2-,46,47,48,52,53);1H3,(H,3,4);/q-1;;. The van der Waals surface area contributed by atoms with Gasteiger partial charge in [-0.25, -0.2) is 23.1 Å². The molecule has 62 heavy (non-hydrogen) atoms. The van der Waals surface area contributed by atoms with Crippen LogP contribution in [0.4, 0.5) is 17.2 Å². The number of anilines is 2. The van der Waals surface area contributed by atoms with Gasteiger partial charge in [0, 0.05) is 55.2 Å². The summed E-state index contributed by atoms with van der Waals surface area (Å²) < 4.78 is 26.5. The number of nitrogens with zero attached hydrogens (tertiary/aromatic N) is 5. The summed E-state index contributed by atoms with van der Waals surface area (Å²) in [5, 5.41) is 30.0. The molecule has 320 valence electrons. The van der Waals surface area contributed by atoms with Crippen molar-refractivity contribution in [1.82, 2.24) is 4.98 Å². The van der Waals surface area contributed by atoms with Gasteiger partial charge in [0.2, 0.25) is 15.9 Å². The van der Waals surface area contributed by atoms with Crippen LogP contribution < -0.4 is 14.6 Å². The van der Waals surface area contributed by atoms with E-state index in [1.165, 1.54) is 6.07 Å². The summed E-state index contributed by atoms with van der Waals surface area (Å²) in [7, 11) is -3.60.